The summed E-state index contributed by atoms with van der Waals surface area (Å²) in [6.45, 7) is 5.21. The largest absolute Gasteiger partial charge is 0.368 e. The average Bonchev–Trinajstić information content (AvgIpc) is 2.58. The van der Waals surface area contributed by atoms with Crippen molar-refractivity contribution in [3.8, 4) is 0 Å². The molecule has 2 aromatic heterocycles. The quantitative estimate of drug-likeness (QED) is 0.680. The van der Waals surface area contributed by atoms with Crippen molar-refractivity contribution in [2.24, 2.45) is 5.92 Å². The summed E-state index contributed by atoms with van der Waals surface area (Å²) in [5.41, 5.74) is 7.38. The molecule has 74 valence electrons. The summed E-state index contributed by atoms with van der Waals surface area (Å²) >= 11 is 0. The average molecular weight is 192 g/mol. The number of aromatic nitrogens is 4. The van der Waals surface area contributed by atoms with E-state index in [0.29, 0.717) is 11.7 Å². The van der Waals surface area contributed by atoms with E-state index in [1.54, 1.807) is 12.7 Å². The number of nitrogen functional groups attached to an aromatic ring is 1. The molecule has 0 unspecified atom stereocenters. The second-order valence-corrected chi connectivity index (χ2v) is 3.78. The van der Waals surface area contributed by atoms with Gasteiger partial charge in [0.05, 0.1) is 6.54 Å². The Labute approximate surface area is 82.0 Å². The lowest BCUT2D eigenvalue weighted by Gasteiger charge is -2.03. The number of rotatable bonds is 2. The zero-order valence-corrected chi connectivity index (χ0v) is 8.36. The molecule has 2 heterocycles. The lowest BCUT2D eigenvalue weighted by molar-refractivity contribution is -0.681. The maximum absolute atomic E-state index is 5.70. The molecule has 0 bridgehead atoms. The first-order valence-corrected chi connectivity index (χ1v) is 4.65. The van der Waals surface area contributed by atoms with E-state index >= 15 is 0 Å². The van der Waals surface area contributed by atoms with Gasteiger partial charge >= 0.3 is 0 Å². The van der Waals surface area contributed by atoms with Crippen LogP contribution in [0.25, 0.3) is 11.2 Å². The molecule has 0 aliphatic rings. The van der Waals surface area contributed by atoms with Gasteiger partial charge in [0.1, 0.15) is 0 Å². The van der Waals surface area contributed by atoms with Gasteiger partial charge in [0.2, 0.25) is 12.1 Å². The molecule has 2 aromatic rings. The fourth-order valence-corrected chi connectivity index (χ4v) is 1.47. The van der Waals surface area contributed by atoms with E-state index < -0.39 is 0 Å². The lowest BCUT2D eigenvalue weighted by atomic mass is 10.2. The topological polar surface area (TPSA) is 71.5 Å². The van der Waals surface area contributed by atoms with E-state index in [0.717, 1.165) is 17.7 Å². The van der Waals surface area contributed by atoms with E-state index in [1.165, 1.54) is 0 Å². The number of nitrogens with two attached hydrogens (primary N) is 1. The maximum atomic E-state index is 5.70. The molecule has 0 atom stereocenters. The lowest BCUT2D eigenvalue weighted by Crippen LogP contribution is -2.38. The van der Waals surface area contributed by atoms with Gasteiger partial charge in [-0.2, -0.15) is 0 Å². The summed E-state index contributed by atoms with van der Waals surface area (Å²) in [6.07, 6.45) is 3.37. The first-order valence-electron chi connectivity index (χ1n) is 4.65. The van der Waals surface area contributed by atoms with Crippen molar-refractivity contribution in [3.63, 3.8) is 0 Å². The number of nitrogens with one attached hydrogen (secondary N) is 1. The van der Waals surface area contributed by atoms with Gasteiger partial charge in [-0.05, 0) is 5.92 Å². The molecule has 0 fully saturated rings. The Morgan fingerprint density at radius 2 is 2.29 bits per heavy atom. The minimum absolute atomic E-state index is 0.498. The molecule has 14 heavy (non-hydrogen) atoms. The van der Waals surface area contributed by atoms with Crippen molar-refractivity contribution in [1.29, 1.82) is 0 Å². The van der Waals surface area contributed by atoms with Crippen LogP contribution in [0, 0.1) is 5.92 Å². The second kappa shape index (κ2) is 3.25. The standard InChI is InChI=1S/C9H13N5/c1-6(2)3-14-5-13-8(10)7-9(14)12-4-11-7/h4-6H,3H2,1-2H3,(H2,10,11,12)/p+1. The third-order valence-electron chi connectivity index (χ3n) is 2.05. The first-order chi connectivity index (χ1) is 6.68. The highest BCUT2D eigenvalue weighted by atomic mass is 15.1. The molecule has 0 aliphatic heterocycles. The zero-order chi connectivity index (χ0) is 10.1. The molecule has 3 N–H and O–H groups in total. The van der Waals surface area contributed by atoms with Crippen LogP contribution in [0.1, 0.15) is 13.8 Å². The molecule has 0 saturated carbocycles. The van der Waals surface area contributed by atoms with E-state index in [1.807, 2.05) is 4.57 Å². The molecular formula is C9H14N5+. The van der Waals surface area contributed by atoms with Crippen molar-refractivity contribution < 1.29 is 4.57 Å². The Balaban J connectivity index is 2.55. The van der Waals surface area contributed by atoms with Crippen LogP contribution in [0.15, 0.2) is 12.7 Å². The van der Waals surface area contributed by atoms with E-state index in [4.69, 9.17) is 5.73 Å². The molecule has 0 aromatic carbocycles. The van der Waals surface area contributed by atoms with Crippen LogP contribution in [0.2, 0.25) is 0 Å². The van der Waals surface area contributed by atoms with Gasteiger partial charge in [-0.25, -0.2) is 4.57 Å². The highest BCUT2D eigenvalue weighted by Gasteiger charge is 2.14. The van der Waals surface area contributed by atoms with Crippen LogP contribution >= 0.6 is 0 Å². The second-order valence-electron chi connectivity index (χ2n) is 3.78. The number of H-pyrrole nitrogens is 1. The van der Waals surface area contributed by atoms with Gasteiger partial charge in [0.25, 0.3) is 5.65 Å². The number of imidazole rings is 1. The van der Waals surface area contributed by atoms with Gasteiger partial charge in [0.15, 0.2) is 11.8 Å². The van der Waals surface area contributed by atoms with Crippen LogP contribution in [-0.4, -0.2) is 15.0 Å². The SMILES string of the molecule is CC(C)C[n+]1cnc(N)c2[nH]cnc21. The van der Waals surface area contributed by atoms with Gasteiger partial charge in [-0.15, -0.1) is 0 Å². The number of anilines is 1. The number of nitrogens with zero attached hydrogens (tertiary/aromatic N) is 3. The fraction of sp³-hybridized carbons (Fsp3) is 0.444. The predicted molar refractivity (Wildman–Crippen MR) is 53.3 cm³/mol. The van der Waals surface area contributed by atoms with Crippen LogP contribution in [0.5, 0.6) is 0 Å². The van der Waals surface area contributed by atoms with Crippen molar-refractivity contribution in [2.75, 3.05) is 5.73 Å². The number of fused-ring (bicyclic) bond motifs is 1. The number of aromatic amines is 1. The van der Waals surface area contributed by atoms with Crippen LogP contribution in [-0.2, 0) is 6.54 Å². The smallest absolute Gasteiger partial charge is 0.293 e. The summed E-state index contributed by atoms with van der Waals surface area (Å²) in [5.74, 6) is 1.06. The van der Waals surface area contributed by atoms with Gasteiger partial charge < -0.3 is 10.7 Å². The summed E-state index contributed by atoms with van der Waals surface area (Å²) in [4.78, 5) is 11.3. The van der Waals surface area contributed by atoms with Gasteiger partial charge in [-0.3, -0.25) is 0 Å². The monoisotopic (exact) mass is 192 g/mol. The molecule has 0 amide bonds. The van der Waals surface area contributed by atoms with Crippen LogP contribution < -0.4 is 10.3 Å². The Morgan fingerprint density at radius 1 is 1.50 bits per heavy atom. The van der Waals surface area contributed by atoms with Crippen molar-refractivity contribution >= 4 is 17.0 Å². The molecule has 5 nitrogen and oxygen atoms in total. The van der Waals surface area contributed by atoms with Crippen molar-refractivity contribution in [2.45, 2.75) is 20.4 Å². The van der Waals surface area contributed by atoms with Crippen LogP contribution in [0.4, 0.5) is 5.82 Å². The molecule has 0 saturated heterocycles. The van der Waals surface area contributed by atoms with E-state index in [-0.39, 0.29) is 0 Å². The Hall–Kier alpha value is -1.65. The maximum Gasteiger partial charge on any atom is 0.293 e. The summed E-state index contributed by atoms with van der Waals surface area (Å²) in [5, 5.41) is 0. The van der Waals surface area contributed by atoms with Crippen LogP contribution in [0.3, 0.4) is 0 Å². The third-order valence-corrected chi connectivity index (χ3v) is 2.05. The summed E-state index contributed by atoms with van der Waals surface area (Å²) < 4.78 is 2.01. The van der Waals surface area contributed by atoms with E-state index in [9.17, 15) is 0 Å². The Bertz CT molecular complexity index is 445. The molecule has 2 rings (SSSR count). The Morgan fingerprint density at radius 3 is 3.00 bits per heavy atom. The Kier molecular flexibility index (Phi) is 2.07. The van der Waals surface area contributed by atoms with Gasteiger partial charge in [0, 0.05) is 0 Å². The molecule has 5 heteroatoms. The minimum atomic E-state index is 0.498. The zero-order valence-electron chi connectivity index (χ0n) is 8.36. The number of hydrogen-bond acceptors (Lipinski definition) is 3. The van der Waals surface area contributed by atoms with Gasteiger partial charge in [-0.1, -0.05) is 23.8 Å². The van der Waals surface area contributed by atoms with E-state index in [2.05, 4.69) is 28.8 Å². The highest BCUT2D eigenvalue weighted by molar-refractivity contribution is 5.77. The normalized spacial score (nSPS) is 11.4. The predicted octanol–water partition coefficient (Wildman–Crippen LogP) is 0.484. The summed E-state index contributed by atoms with van der Waals surface area (Å²) in [6, 6.07) is 0. The minimum Gasteiger partial charge on any atom is -0.368 e. The molecule has 0 aliphatic carbocycles. The fourth-order valence-electron chi connectivity index (χ4n) is 1.47. The van der Waals surface area contributed by atoms with Crippen molar-refractivity contribution in [3.05, 3.63) is 12.7 Å². The molecule has 0 spiro atoms. The van der Waals surface area contributed by atoms with Crippen molar-refractivity contribution in [1.82, 2.24) is 15.0 Å². The number of hydrogen-bond donors (Lipinski definition) is 2. The highest BCUT2D eigenvalue weighted by Crippen LogP contribution is 2.09. The summed E-state index contributed by atoms with van der Waals surface area (Å²) in [7, 11) is 0. The molecular weight excluding hydrogens is 178 g/mol. The third kappa shape index (κ3) is 1.41. The first kappa shape index (κ1) is 8.93. The molecule has 0 radical (unpaired) electrons.